The molecule has 3 atom stereocenters. The van der Waals surface area contributed by atoms with E-state index in [4.69, 9.17) is 4.74 Å². The van der Waals surface area contributed by atoms with Gasteiger partial charge in [-0.15, -0.1) is 0 Å². The van der Waals surface area contributed by atoms with Crippen LogP contribution in [-0.2, 0) is 25.1 Å². The van der Waals surface area contributed by atoms with E-state index >= 15 is 0 Å². The van der Waals surface area contributed by atoms with Crippen molar-refractivity contribution < 1.29 is 77.3 Å². The molecule has 10 nitrogen and oxygen atoms in total. The summed E-state index contributed by atoms with van der Waals surface area (Å²) >= 11 is 0. The Morgan fingerprint density at radius 1 is 0.944 bits per heavy atom. The summed E-state index contributed by atoms with van der Waals surface area (Å²) in [4.78, 5) is 25.9. The van der Waals surface area contributed by atoms with Gasteiger partial charge in [0.15, 0.2) is 11.6 Å². The van der Waals surface area contributed by atoms with Crippen LogP contribution in [0.25, 0.3) is 0 Å². The molecule has 0 saturated heterocycles. The number of ketones is 2. The standard InChI is InChI=1S/C24H38O10S.Na/c1-7-19(34-16-10-8-15(9-11-16)23(5,6)14-22(2,3)4)24(35(31,32)33,20(29)17(27)12-25)21(30)18(28)13-26;/h8-11,17-19,25-28H,7,12-14H2,1-6H3,(H,31,32,33);/q;+1/p-1. The number of benzene rings is 1. The van der Waals surface area contributed by atoms with Crippen LogP contribution in [-0.4, -0.2) is 81.2 Å². The van der Waals surface area contributed by atoms with Crippen LogP contribution in [0.1, 0.15) is 59.9 Å². The zero-order valence-corrected chi connectivity index (χ0v) is 24.8. The first-order valence-corrected chi connectivity index (χ1v) is 12.7. The Morgan fingerprint density at radius 2 is 1.36 bits per heavy atom. The van der Waals surface area contributed by atoms with Crippen LogP contribution >= 0.6 is 0 Å². The third kappa shape index (κ3) is 7.81. The van der Waals surface area contributed by atoms with E-state index < -0.39 is 58.0 Å². The van der Waals surface area contributed by atoms with Crippen molar-refractivity contribution in [3.05, 3.63) is 29.8 Å². The van der Waals surface area contributed by atoms with Crippen LogP contribution in [0.5, 0.6) is 5.75 Å². The maximum absolute atomic E-state index is 12.9. The van der Waals surface area contributed by atoms with Crippen molar-refractivity contribution in [2.45, 2.75) is 82.9 Å². The number of carbonyl (C=O) groups excluding carboxylic acids is 2. The summed E-state index contributed by atoms with van der Waals surface area (Å²) in [6.07, 6.45) is -6.36. The molecule has 4 N–H and O–H groups in total. The maximum Gasteiger partial charge on any atom is 1.00 e. The minimum absolute atomic E-state index is 0. The average molecular weight is 541 g/mol. The SMILES string of the molecule is CCC(Oc1ccc(C(C)(C)CC(C)(C)C)cc1)C(C(=O)C(O)CO)(C(=O)C(O)CO)S(=O)(=O)[O-].[Na+]. The van der Waals surface area contributed by atoms with Crippen molar-refractivity contribution in [1.82, 2.24) is 0 Å². The molecule has 1 rings (SSSR count). The molecular formula is C24H37NaO10S. The van der Waals surface area contributed by atoms with Gasteiger partial charge in [-0.2, -0.15) is 0 Å². The summed E-state index contributed by atoms with van der Waals surface area (Å²) in [6, 6.07) is 6.45. The van der Waals surface area contributed by atoms with Gasteiger partial charge in [0.2, 0.25) is 4.75 Å². The van der Waals surface area contributed by atoms with E-state index in [-0.39, 0.29) is 52.6 Å². The van der Waals surface area contributed by atoms with Gasteiger partial charge in [0.1, 0.15) is 34.2 Å². The van der Waals surface area contributed by atoms with Gasteiger partial charge < -0.3 is 29.7 Å². The normalized spacial score (nSPS) is 16.8. The third-order valence-electron chi connectivity index (χ3n) is 5.79. The second kappa shape index (κ2) is 13.3. The molecule has 1 aromatic carbocycles. The fourth-order valence-corrected chi connectivity index (χ4v) is 5.84. The fraction of sp³-hybridized carbons (Fsp3) is 0.667. The Bertz CT molecular complexity index is 961. The molecule has 12 heteroatoms. The molecule has 0 aliphatic rings. The Balaban J connectivity index is 0.0000122. The number of Topliss-reactive ketones (excluding diaryl/α,β-unsaturated/α-hetero) is 2. The Labute approximate surface area is 235 Å². The van der Waals surface area contributed by atoms with Crippen molar-refractivity contribution in [2.75, 3.05) is 13.2 Å². The Hall–Kier alpha value is -0.890. The smallest absolute Gasteiger partial charge is 0.747 e. The largest absolute Gasteiger partial charge is 1.00 e. The second-order valence-electron chi connectivity index (χ2n) is 10.5. The predicted octanol–water partition coefficient (Wildman–Crippen LogP) is -2.31. The number of ether oxygens (including phenoxy) is 1. The van der Waals surface area contributed by atoms with E-state index in [9.17, 15) is 43.0 Å². The molecule has 200 valence electrons. The first-order valence-electron chi connectivity index (χ1n) is 11.3. The minimum Gasteiger partial charge on any atom is -0.747 e. The van der Waals surface area contributed by atoms with Gasteiger partial charge in [0.05, 0.1) is 13.2 Å². The zero-order valence-electron chi connectivity index (χ0n) is 22.0. The molecule has 0 fully saturated rings. The molecule has 0 spiro atoms. The Kier molecular flexibility index (Phi) is 12.9. The number of carbonyl (C=O) groups is 2. The van der Waals surface area contributed by atoms with Crippen LogP contribution in [0.3, 0.4) is 0 Å². The third-order valence-corrected chi connectivity index (χ3v) is 7.24. The molecule has 0 amide bonds. The van der Waals surface area contributed by atoms with Crippen LogP contribution < -0.4 is 34.3 Å². The summed E-state index contributed by atoms with van der Waals surface area (Å²) in [6.45, 7) is 9.20. The molecule has 0 aromatic heterocycles. The average Bonchev–Trinajstić information content (AvgIpc) is 2.74. The zero-order chi connectivity index (χ0) is 27.4. The van der Waals surface area contributed by atoms with Crippen molar-refractivity contribution in [3.63, 3.8) is 0 Å². The Morgan fingerprint density at radius 3 is 1.67 bits per heavy atom. The van der Waals surface area contributed by atoms with E-state index in [0.717, 1.165) is 12.0 Å². The van der Waals surface area contributed by atoms with Crippen LogP contribution in [0, 0.1) is 5.41 Å². The second-order valence-corrected chi connectivity index (χ2v) is 12.0. The van der Waals surface area contributed by atoms with E-state index in [0.29, 0.717) is 0 Å². The first kappa shape index (κ1) is 35.1. The molecule has 0 aliphatic carbocycles. The number of aliphatic hydroxyl groups is 4. The molecule has 0 radical (unpaired) electrons. The van der Waals surface area contributed by atoms with Gasteiger partial charge in [-0.25, -0.2) is 8.42 Å². The summed E-state index contributed by atoms with van der Waals surface area (Å²) in [5.74, 6) is -3.66. The van der Waals surface area contributed by atoms with E-state index in [1.54, 1.807) is 12.1 Å². The fourth-order valence-electron chi connectivity index (χ4n) is 4.54. The van der Waals surface area contributed by atoms with Gasteiger partial charge in [-0.3, -0.25) is 9.59 Å². The van der Waals surface area contributed by atoms with Gasteiger partial charge in [-0.05, 0) is 41.4 Å². The van der Waals surface area contributed by atoms with Gasteiger partial charge >= 0.3 is 29.6 Å². The predicted molar refractivity (Wildman–Crippen MR) is 127 cm³/mol. The van der Waals surface area contributed by atoms with Crippen molar-refractivity contribution in [1.29, 1.82) is 0 Å². The molecule has 3 unspecified atom stereocenters. The van der Waals surface area contributed by atoms with Crippen LogP contribution in [0.4, 0.5) is 0 Å². The van der Waals surface area contributed by atoms with Crippen molar-refractivity contribution in [2.24, 2.45) is 5.41 Å². The van der Waals surface area contributed by atoms with Crippen LogP contribution in [0.2, 0.25) is 0 Å². The monoisotopic (exact) mass is 540 g/mol. The van der Waals surface area contributed by atoms with Gasteiger partial charge in [0.25, 0.3) is 0 Å². The molecular weight excluding hydrogens is 503 g/mol. The number of rotatable bonds is 13. The summed E-state index contributed by atoms with van der Waals surface area (Å²) in [7, 11) is -5.93. The topological polar surface area (TPSA) is 181 Å². The van der Waals surface area contributed by atoms with Crippen molar-refractivity contribution >= 4 is 21.7 Å². The molecule has 0 aliphatic heterocycles. The first-order chi connectivity index (χ1) is 15.9. The van der Waals surface area contributed by atoms with E-state index in [1.807, 2.05) is 0 Å². The summed E-state index contributed by atoms with van der Waals surface area (Å²) < 4.78 is 39.3. The van der Waals surface area contributed by atoms with Crippen LogP contribution in [0.15, 0.2) is 24.3 Å². The number of aliphatic hydroxyl groups excluding tert-OH is 4. The van der Waals surface area contributed by atoms with Gasteiger partial charge in [-0.1, -0.05) is 53.7 Å². The molecule has 1 aromatic rings. The number of hydrogen-bond donors (Lipinski definition) is 4. The molecule has 0 bridgehead atoms. The molecule has 0 heterocycles. The molecule has 36 heavy (non-hydrogen) atoms. The molecule has 0 saturated carbocycles. The van der Waals surface area contributed by atoms with Gasteiger partial charge in [0, 0.05) is 0 Å². The van der Waals surface area contributed by atoms with E-state index in [1.165, 1.54) is 19.1 Å². The summed E-state index contributed by atoms with van der Waals surface area (Å²) in [5.41, 5.74) is 0.746. The van der Waals surface area contributed by atoms with E-state index in [2.05, 4.69) is 34.6 Å². The maximum atomic E-state index is 12.9. The summed E-state index contributed by atoms with van der Waals surface area (Å²) in [5, 5.41) is 38.2. The number of hydrogen-bond acceptors (Lipinski definition) is 10. The minimum atomic E-state index is -5.93. The van der Waals surface area contributed by atoms with Crippen molar-refractivity contribution in [3.8, 4) is 5.75 Å². The quantitative estimate of drug-likeness (QED) is 0.121.